The van der Waals surface area contributed by atoms with E-state index in [2.05, 4.69) is 17.2 Å². The molecule has 164 valence electrons. The van der Waals surface area contributed by atoms with Crippen molar-refractivity contribution in [2.24, 2.45) is 0 Å². The Morgan fingerprint density at radius 1 is 1.26 bits per heavy atom. The molecule has 0 spiro atoms. The summed E-state index contributed by atoms with van der Waals surface area (Å²) in [6.45, 7) is 4.88. The molecule has 3 rings (SSSR count). The van der Waals surface area contributed by atoms with E-state index in [9.17, 15) is 9.59 Å². The molecule has 1 amide bonds. The summed E-state index contributed by atoms with van der Waals surface area (Å²) in [4.78, 5) is 29.1. The number of hydrogen-bond donors (Lipinski definition) is 1. The van der Waals surface area contributed by atoms with Crippen LogP contribution in [0.3, 0.4) is 0 Å². The molecule has 0 saturated heterocycles. The highest BCUT2D eigenvalue weighted by molar-refractivity contribution is 5.82. The van der Waals surface area contributed by atoms with Gasteiger partial charge in [0.2, 0.25) is 11.8 Å². The van der Waals surface area contributed by atoms with E-state index in [1.807, 2.05) is 31.2 Å². The third-order valence-electron chi connectivity index (χ3n) is 5.16. The third-order valence-corrected chi connectivity index (χ3v) is 5.16. The molecule has 2 heterocycles. The number of unbranched alkanes of at least 4 members (excludes halogenated alkanes) is 1. The van der Waals surface area contributed by atoms with Gasteiger partial charge in [0, 0.05) is 41.7 Å². The van der Waals surface area contributed by atoms with Gasteiger partial charge in [-0.15, -0.1) is 0 Å². The standard InChI is InChI=1S/C24H28N2O5/c1-4-5-13-30-23-17(7-6-12-25-23)15-26-22(27)11-10-20-16(2)19-9-8-18(29-3)14-21(19)31-24(20)28/h6-9,12,14H,4-5,10-11,13,15H2,1-3H3,(H,26,27). The lowest BCUT2D eigenvalue weighted by Gasteiger charge is -2.11. The predicted octanol–water partition coefficient (Wildman–Crippen LogP) is 3.93. The second kappa shape index (κ2) is 10.6. The van der Waals surface area contributed by atoms with Crippen molar-refractivity contribution in [3.63, 3.8) is 0 Å². The molecule has 7 nitrogen and oxygen atoms in total. The van der Waals surface area contributed by atoms with Gasteiger partial charge in [-0.2, -0.15) is 0 Å². The number of methoxy groups -OCH3 is 1. The summed E-state index contributed by atoms with van der Waals surface area (Å²) in [6.07, 6.45) is 4.13. The molecule has 0 unspecified atom stereocenters. The third kappa shape index (κ3) is 5.63. The van der Waals surface area contributed by atoms with Crippen molar-refractivity contribution in [1.82, 2.24) is 10.3 Å². The molecule has 1 aromatic carbocycles. The number of benzene rings is 1. The van der Waals surface area contributed by atoms with Crippen LogP contribution in [-0.2, 0) is 17.8 Å². The number of aryl methyl sites for hydroxylation is 1. The van der Waals surface area contributed by atoms with Gasteiger partial charge in [-0.05, 0) is 43.5 Å². The van der Waals surface area contributed by atoms with Gasteiger partial charge in [-0.25, -0.2) is 9.78 Å². The second-order valence-electron chi connectivity index (χ2n) is 7.30. The zero-order chi connectivity index (χ0) is 22.2. The summed E-state index contributed by atoms with van der Waals surface area (Å²) < 4.78 is 16.3. The van der Waals surface area contributed by atoms with E-state index < -0.39 is 5.63 Å². The van der Waals surface area contributed by atoms with Crippen LogP contribution in [0, 0.1) is 6.92 Å². The number of carbonyl (C=O) groups excluding carboxylic acids is 1. The summed E-state index contributed by atoms with van der Waals surface area (Å²) in [7, 11) is 1.56. The van der Waals surface area contributed by atoms with Crippen LogP contribution in [0.4, 0.5) is 0 Å². The molecule has 3 aromatic rings. The quantitative estimate of drug-likeness (QED) is 0.392. The monoisotopic (exact) mass is 424 g/mol. The zero-order valence-corrected chi connectivity index (χ0v) is 18.2. The van der Waals surface area contributed by atoms with Crippen molar-refractivity contribution in [2.75, 3.05) is 13.7 Å². The first kappa shape index (κ1) is 22.3. The lowest BCUT2D eigenvalue weighted by atomic mass is 10.0. The Balaban J connectivity index is 1.63. The molecule has 0 fully saturated rings. The minimum atomic E-state index is -0.426. The maximum Gasteiger partial charge on any atom is 0.339 e. The molecule has 0 saturated carbocycles. The van der Waals surface area contributed by atoms with E-state index in [4.69, 9.17) is 13.9 Å². The predicted molar refractivity (Wildman–Crippen MR) is 119 cm³/mol. The number of nitrogens with zero attached hydrogens (tertiary/aromatic N) is 1. The van der Waals surface area contributed by atoms with E-state index in [1.165, 1.54) is 0 Å². The minimum absolute atomic E-state index is 0.156. The van der Waals surface area contributed by atoms with Gasteiger partial charge in [0.25, 0.3) is 0 Å². The number of rotatable bonds is 10. The highest BCUT2D eigenvalue weighted by Gasteiger charge is 2.14. The minimum Gasteiger partial charge on any atom is -0.497 e. The van der Waals surface area contributed by atoms with Crippen molar-refractivity contribution in [3.05, 3.63) is 63.6 Å². The average Bonchev–Trinajstić information content (AvgIpc) is 2.78. The maximum atomic E-state index is 12.5. The fraction of sp³-hybridized carbons (Fsp3) is 0.375. The summed E-state index contributed by atoms with van der Waals surface area (Å²) in [5.74, 6) is 1.00. The number of pyridine rings is 1. The number of ether oxygens (including phenoxy) is 2. The van der Waals surface area contributed by atoms with Gasteiger partial charge >= 0.3 is 5.63 Å². The van der Waals surface area contributed by atoms with E-state index in [0.29, 0.717) is 42.3 Å². The van der Waals surface area contributed by atoms with Crippen molar-refractivity contribution < 1.29 is 18.7 Å². The lowest BCUT2D eigenvalue weighted by molar-refractivity contribution is -0.121. The molecule has 1 N–H and O–H groups in total. The number of nitrogens with one attached hydrogen (secondary N) is 1. The second-order valence-corrected chi connectivity index (χ2v) is 7.30. The van der Waals surface area contributed by atoms with Gasteiger partial charge in [-0.3, -0.25) is 4.79 Å². The Morgan fingerprint density at radius 2 is 2.10 bits per heavy atom. The van der Waals surface area contributed by atoms with Crippen LogP contribution in [-0.4, -0.2) is 24.6 Å². The Bertz CT molecular complexity index is 1110. The van der Waals surface area contributed by atoms with Crippen LogP contribution in [0.1, 0.15) is 42.9 Å². The highest BCUT2D eigenvalue weighted by atomic mass is 16.5. The van der Waals surface area contributed by atoms with Gasteiger partial charge in [0.15, 0.2) is 0 Å². The summed E-state index contributed by atoms with van der Waals surface area (Å²) >= 11 is 0. The fourth-order valence-corrected chi connectivity index (χ4v) is 3.31. The van der Waals surface area contributed by atoms with Crippen LogP contribution >= 0.6 is 0 Å². The lowest BCUT2D eigenvalue weighted by Crippen LogP contribution is -2.24. The molecular formula is C24H28N2O5. The molecule has 7 heteroatoms. The Hall–Kier alpha value is -3.35. The largest absolute Gasteiger partial charge is 0.497 e. The van der Waals surface area contributed by atoms with Crippen molar-refractivity contribution in [1.29, 1.82) is 0 Å². The van der Waals surface area contributed by atoms with Crippen LogP contribution in [0.5, 0.6) is 11.6 Å². The van der Waals surface area contributed by atoms with Crippen LogP contribution in [0.25, 0.3) is 11.0 Å². The van der Waals surface area contributed by atoms with E-state index >= 15 is 0 Å². The van der Waals surface area contributed by atoms with Gasteiger partial charge in [0.1, 0.15) is 11.3 Å². The van der Waals surface area contributed by atoms with Gasteiger partial charge < -0.3 is 19.2 Å². The number of carbonyl (C=O) groups is 1. The molecular weight excluding hydrogens is 396 g/mol. The maximum absolute atomic E-state index is 12.5. The zero-order valence-electron chi connectivity index (χ0n) is 18.2. The average molecular weight is 424 g/mol. The molecule has 31 heavy (non-hydrogen) atoms. The van der Waals surface area contributed by atoms with Crippen LogP contribution < -0.4 is 20.4 Å². The van der Waals surface area contributed by atoms with Gasteiger partial charge in [0.05, 0.1) is 13.7 Å². The van der Waals surface area contributed by atoms with Crippen molar-refractivity contribution in [2.45, 2.75) is 46.1 Å². The Kier molecular flexibility index (Phi) is 7.65. The molecule has 0 aliphatic heterocycles. The first-order valence-electron chi connectivity index (χ1n) is 10.5. The van der Waals surface area contributed by atoms with Crippen molar-refractivity contribution in [3.8, 4) is 11.6 Å². The molecule has 0 atom stereocenters. The number of hydrogen-bond acceptors (Lipinski definition) is 6. The number of amides is 1. The topological polar surface area (TPSA) is 90.7 Å². The number of fused-ring (bicyclic) bond motifs is 1. The van der Waals surface area contributed by atoms with E-state index in [-0.39, 0.29) is 12.3 Å². The van der Waals surface area contributed by atoms with E-state index in [1.54, 1.807) is 19.4 Å². The molecule has 0 radical (unpaired) electrons. The molecule has 0 aliphatic carbocycles. The fourth-order valence-electron chi connectivity index (χ4n) is 3.31. The first-order valence-corrected chi connectivity index (χ1v) is 10.5. The first-order chi connectivity index (χ1) is 15.0. The normalized spacial score (nSPS) is 10.8. The van der Waals surface area contributed by atoms with Crippen molar-refractivity contribution >= 4 is 16.9 Å². The summed E-state index contributed by atoms with van der Waals surface area (Å²) in [5, 5.41) is 3.72. The molecule has 2 aromatic heterocycles. The molecule has 0 aliphatic rings. The van der Waals surface area contributed by atoms with Crippen LogP contribution in [0.2, 0.25) is 0 Å². The highest BCUT2D eigenvalue weighted by Crippen LogP contribution is 2.24. The van der Waals surface area contributed by atoms with Crippen LogP contribution in [0.15, 0.2) is 45.7 Å². The summed E-state index contributed by atoms with van der Waals surface area (Å²) in [6, 6.07) is 9.06. The Labute approximate surface area is 181 Å². The Morgan fingerprint density at radius 3 is 2.87 bits per heavy atom. The number of aromatic nitrogens is 1. The van der Waals surface area contributed by atoms with Gasteiger partial charge in [-0.1, -0.05) is 19.4 Å². The molecule has 0 bridgehead atoms. The smallest absolute Gasteiger partial charge is 0.339 e. The summed E-state index contributed by atoms with van der Waals surface area (Å²) in [5.41, 5.74) is 2.20. The SMILES string of the molecule is CCCCOc1ncccc1CNC(=O)CCc1c(C)c2ccc(OC)cc2oc1=O. The van der Waals surface area contributed by atoms with E-state index in [0.717, 1.165) is 29.4 Å².